The van der Waals surface area contributed by atoms with E-state index in [1.165, 1.54) is 17.4 Å². The van der Waals surface area contributed by atoms with Gasteiger partial charge >= 0.3 is 6.18 Å². The number of alkyl halides is 3. The van der Waals surface area contributed by atoms with Gasteiger partial charge in [-0.3, -0.25) is 4.79 Å². The van der Waals surface area contributed by atoms with E-state index in [9.17, 15) is 18.0 Å². The third-order valence-corrected chi connectivity index (χ3v) is 3.52. The molecule has 0 aliphatic rings. The zero-order chi connectivity index (χ0) is 15.6. The number of hydrogen-bond acceptors (Lipinski definition) is 3. The lowest BCUT2D eigenvalue weighted by Crippen LogP contribution is -2.17. The molecule has 0 radical (unpaired) electrons. The van der Waals surface area contributed by atoms with E-state index in [1.807, 2.05) is 0 Å². The van der Waals surface area contributed by atoms with Gasteiger partial charge in [-0.2, -0.15) is 24.5 Å². The topological polar surface area (TPSA) is 32.3 Å². The number of carbonyl (C=O) groups excluding carboxylic acids is 1. The number of anilines is 2. The second-order valence-corrected chi connectivity index (χ2v) is 5.37. The lowest BCUT2D eigenvalue weighted by Gasteiger charge is -2.19. The molecule has 1 aromatic heterocycles. The first kappa shape index (κ1) is 15.4. The van der Waals surface area contributed by atoms with E-state index in [4.69, 9.17) is 0 Å². The van der Waals surface area contributed by atoms with E-state index in [1.54, 1.807) is 35.8 Å². The van der Waals surface area contributed by atoms with Gasteiger partial charge in [-0.1, -0.05) is 0 Å². The second kappa shape index (κ2) is 5.77. The molecule has 0 fully saturated rings. The standard InChI is InChI=1S/C14H13F3N2OS/c1-19(2)12-4-3-10(14(15,16)17)7-11(12)18-13(20)9-5-6-21-8-9/h3-8H,1-2H3,(H,18,20). The number of hydrogen-bond donors (Lipinski definition) is 1. The molecule has 0 saturated heterocycles. The molecule has 21 heavy (non-hydrogen) atoms. The molecule has 1 heterocycles. The molecule has 0 unspecified atom stereocenters. The van der Waals surface area contributed by atoms with Crippen molar-refractivity contribution in [2.75, 3.05) is 24.3 Å². The number of rotatable bonds is 3. The summed E-state index contributed by atoms with van der Waals surface area (Å²) in [5.41, 5.74) is 0.258. The lowest BCUT2D eigenvalue weighted by molar-refractivity contribution is -0.137. The lowest BCUT2D eigenvalue weighted by atomic mass is 10.1. The highest BCUT2D eigenvalue weighted by atomic mass is 32.1. The molecule has 3 nitrogen and oxygen atoms in total. The van der Waals surface area contributed by atoms with Crippen molar-refractivity contribution in [3.63, 3.8) is 0 Å². The minimum Gasteiger partial charge on any atom is -0.376 e. The average Bonchev–Trinajstić information content (AvgIpc) is 2.91. The summed E-state index contributed by atoms with van der Waals surface area (Å²) in [5.74, 6) is -0.432. The smallest absolute Gasteiger partial charge is 0.376 e. The molecule has 0 atom stereocenters. The molecule has 0 aliphatic heterocycles. The van der Waals surface area contributed by atoms with Crippen molar-refractivity contribution in [2.24, 2.45) is 0 Å². The van der Waals surface area contributed by atoms with Crippen molar-refractivity contribution in [1.82, 2.24) is 0 Å². The highest BCUT2D eigenvalue weighted by Crippen LogP contribution is 2.35. The van der Waals surface area contributed by atoms with Gasteiger partial charge in [0.2, 0.25) is 0 Å². The Morgan fingerprint density at radius 1 is 1.24 bits per heavy atom. The highest BCUT2D eigenvalue weighted by molar-refractivity contribution is 7.08. The molecule has 2 aromatic rings. The predicted octanol–water partition coefficient (Wildman–Crippen LogP) is 4.09. The van der Waals surface area contributed by atoms with Crippen LogP contribution in [0.1, 0.15) is 15.9 Å². The van der Waals surface area contributed by atoms with Crippen LogP contribution < -0.4 is 10.2 Å². The van der Waals surface area contributed by atoms with Gasteiger partial charge < -0.3 is 10.2 Å². The molecule has 0 spiro atoms. The molecule has 1 N–H and O–H groups in total. The van der Waals surface area contributed by atoms with Crippen LogP contribution in [0.25, 0.3) is 0 Å². The van der Waals surface area contributed by atoms with Gasteiger partial charge in [-0.15, -0.1) is 0 Å². The molecular formula is C14H13F3N2OS. The number of nitrogens with one attached hydrogen (secondary N) is 1. The van der Waals surface area contributed by atoms with Crippen LogP contribution in [0.5, 0.6) is 0 Å². The number of benzene rings is 1. The molecule has 0 aliphatic carbocycles. The molecule has 7 heteroatoms. The number of carbonyl (C=O) groups is 1. The van der Waals surface area contributed by atoms with Gasteiger partial charge in [0.15, 0.2) is 0 Å². The van der Waals surface area contributed by atoms with E-state index in [0.29, 0.717) is 11.3 Å². The maximum atomic E-state index is 12.8. The van der Waals surface area contributed by atoms with Gasteiger partial charge in [-0.05, 0) is 29.6 Å². The highest BCUT2D eigenvalue weighted by Gasteiger charge is 2.31. The monoisotopic (exact) mass is 314 g/mol. The normalized spacial score (nSPS) is 11.3. The van der Waals surface area contributed by atoms with Gasteiger partial charge in [0.05, 0.1) is 22.5 Å². The van der Waals surface area contributed by atoms with Crippen LogP contribution >= 0.6 is 11.3 Å². The zero-order valence-corrected chi connectivity index (χ0v) is 12.2. The summed E-state index contributed by atoms with van der Waals surface area (Å²) in [6.07, 6.45) is -4.45. The minimum absolute atomic E-state index is 0.131. The molecule has 112 valence electrons. The van der Waals surface area contributed by atoms with Crippen LogP contribution in [0.4, 0.5) is 24.5 Å². The summed E-state index contributed by atoms with van der Waals surface area (Å²) in [5, 5.41) is 5.90. The van der Waals surface area contributed by atoms with Crippen molar-refractivity contribution < 1.29 is 18.0 Å². The van der Waals surface area contributed by atoms with Gasteiger partial charge in [0.1, 0.15) is 0 Å². The second-order valence-electron chi connectivity index (χ2n) is 4.59. The Morgan fingerprint density at radius 2 is 1.95 bits per heavy atom. The van der Waals surface area contributed by atoms with Gasteiger partial charge in [0.25, 0.3) is 5.91 Å². The molecule has 0 saturated carbocycles. The summed E-state index contributed by atoms with van der Waals surface area (Å²) in [6, 6.07) is 4.89. The Hall–Kier alpha value is -2.02. The quantitative estimate of drug-likeness (QED) is 0.925. The van der Waals surface area contributed by atoms with Crippen molar-refractivity contribution in [3.8, 4) is 0 Å². The fourth-order valence-corrected chi connectivity index (χ4v) is 2.43. The Morgan fingerprint density at radius 3 is 2.48 bits per heavy atom. The SMILES string of the molecule is CN(C)c1ccc(C(F)(F)F)cc1NC(=O)c1ccsc1. The van der Waals surface area contributed by atoms with Crippen molar-refractivity contribution in [1.29, 1.82) is 0 Å². The van der Waals surface area contributed by atoms with Crippen LogP contribution in [0.15, 0.2) is 35.0 Å². The Bertz CT molecular complexity index is 636. The third-order valence-electron chi connectivity index (χ3n) is 2.84. The molecule has 0 bridgehead atoms. The van der Waals surface area contributed by atoms with Gasteiger partial charge in [-0.25, -0.2) is 0 Å². The van der Waals surface area contributed by atoms with Crippen LogP contribution in [0.3, 0.4) is 0 Å². The van der Waals surface area contributed by atoms with E-state index in [-0.39, 0.29) is 5.69 Å². The van der Waals surface area contributed by atoms with Crippen LogP contribution in [-0.2, 0) is 6.18 Å². The maximum Gasteiger partial charge on any atom is 0.416 e. The summed E-state index contributed by atoms with van der Waals surface area (Å²) < 4.78 is 38.4. The first-order valence-electron chi connectivity index (χ1n) is 6.01. The van der Waals surface area contributed by atoms with E-state index < -0.39 is 17.6 Å². The van der Waals surface area contributed by atoms with Crippen molar-refractivity contribution in [3.05, 3.63) is 46.2 Å². The van der Waals surface area contributed by atoms with Gasteiger partial charge in [0, 0.05) is 19.5 Å². The fraction of sp³-hybridized carbons (Fsp3) is 0.214. The first-order valence-corrected chi connectivity index (χ1v) is 6.95. The summed E-state index contributed by atoms with van der Waals surface area (Å²) in [7, 11) is 3.39. The largest absolute Gasteiger partial charge is 0.416 e. The van der Waals surface area contributed by atoms with Crippen LogP contribution in [0, 0.1) is 0 Å². The number of nitrogens with zero attached hydrogens (tertiary/aromatic N) is 1. The molecule has 2 rings (SSSR count). The summed E-state index contributed by atoms with van der Waals surface area (Å²) in [4.78, 5) is 13.6. The number of thiophene rings is 1. The molecular weight excluding hydrogens is 301 g/mol. The number of halogens is 3. The average molecular weight is 314 g/mol. The molecule has 1 amide bonds. The summed E-state index contributed by atoms with van der Waals surface area (Å²) in [6.45, 7) is 0. The fourth-order valence-electron chi connectivity index (χ4n) is 1.79. The first-order chi connectivity index (χ1) is 9.79. The zero-order valence-electron chi connectivity index (χ0n) is 11.4. The Balaban J connectivity index is 2.37. The molecule has 1 aromatic carbocycles. The third kappa shape index (κ3) is 3.55. The van der Waals surface area contributed by atoms with E-state index in [0.717, 1.165) is 12.1 Å². The maximum absolute atomic E-state index is 12.8. The van der Waals surface area contributed by atoms with Crippen LogP contribution in [-0.4, -0.2) is 20.0 Å². The number of amides is 1. The van der Waals surface area contributed by atoms with Crippen LogP contribution in [0.2, 0.25) is 0 Å². The minimum atomic E-state index is -4.45. The summed E-state index contributed by atoms with van der Waals surface area (Å²) >= 11 is 1.35. The van der Waals surface area contributed by atoms with E-state index >= 15 is 0 Å². The van der Waals surface area contributed by atoms with E-state index in [2.05, 4.69) is 5.32 Å². The van der Waals surface area contributed by atoms with Crippen molar-refractivity contribution in [2.45, 2.75) is 6.18 Å². The van der Waals surface area contributed by atoms with Crippen molar-refractivity contribution >= 4 is 28.6 Å². The Labute approximate surface area is 124 Å². The predicted molar refractivity (Wildman–Crippen MR) is 78.0 cm³/mol. The Kier molecular flexibility index (Phi) is 4.22.